The Morgan fingerprint density at radius 1 is 1.05 bits per heavy atom. The first-order chi connectivity index (χ1) is 19.4. The number of carbonyl (C=O) groups is 3. The molecule has 2 aliphatic carbocycles. The zero-order chi connectivity index (χ0) is 28.3. The van der Waals surface area contributed by atoms with Crippen LogP contribution in [0.5, 0.6) is 0 Å². The molecule has 0 spiro atoms. The average molecular weight is 559 g/mol. The first kappa shape index (κ1) is 30.4. The molecular weight excluding hydrogens is 512 g/mol. The smallest absolute Gasteiger partial charge is 0.226 e. The Bertz CT molecular complexity index is 947. The van der Waals surface area contributed by atoms with Gasteiger partial charge in [0.05, 0.1) is 36.9 Å². The van der Waals surface area contributed by atoms with Gasteiger partial charge in [0.1, 0.15) is 0 Å². The molecule has 2 saturated carbocycles. The fraction of sp³-hybridized carbons (Fsp3) is 0.733. The van der Waals surface area contributed by atoms with E-state index in [2.05, 4.69) is 15.6 Å². The maximum absolute atomic E-state index is 13.0. The van der Waals surface area contributed by atoms with E-state index in [0.717, 1.165) is 56.9 Å². The van der Waals surface area contributed by atoms with E-state index >= 15 is 0 Å². The van der Waals surface area contributed by atoms with E-state index in [-0.39, 0.29) is 54.5 Å². The maximum atomic E-state index is 13.0. The summed E-state index contributed by atoms with van der Waals surface area (Å²) in [7, 11) is 0. The quantitative estimate of drug-likeness (QED) is 0.317. The standard InChI is InChI=1S/C30H46N4O6/c1-2-34-28(37)19-26(29(34)21-5-3-15-31-20-21)30(38)32-16-18-40-25-13-11-24(12-14-25)39-17-4-6-27(36)33-22-7-9-23(35)10-8-22/h3,5,15,20,22-26,29,35H,2,4,6-14,16-19H2,1H3,(H,32,38)(H,33,36)/t22?,23?,24?,25?,26-,29+/m0/s1. The number of pyridine rings is 1. The maximum Gasteiger partial charge on any atom is 0.226 e. The second-order valence-electron chi connectivity index (χ2n) is 11.3. The van der Waals surface area contributed by atoms with Crippen molar-refractivity contribution in [2.24, 2.45) is 5.92 Å². The Morgan fingerprint density at radius 3 is 2.40 bits per heavy atom. The minimum absolute atomic E-state index is 0.00373. The summed E-state index contributed by atoms with van der Waals surface area (Å²) in [6.45, 7) is 3.92. The summed E-state index contributed by atoms with van der Waals surface area (Å²) in [4.78, 5) is 43.6. The predicted octanol–water partition coefficient (Wildman–Crippen LogP) is 2.65. The van der Waals surface area contributed by atoms with Crippen molar-refractivity contribution in [2.75, 3.05) is 26.3 Å². The third-order valence-corrected chi connectivity index (χ3v) is 8.47. The van der Waals surface area contributed by atoms with Crippen LogP contribution in [-0.2, 0) is 23.9 Å². The van der Waals surface area contributed by atoms with Gasteiger partial charge in [0.2, 0.25) is 17.7 Å². The molecule has 222 valence electrons. The normalized spacial score (nSPS) is 28.9. The van der Waals surface area contributed by atoms with E-state index in [0.29, 0.717) is 39.1 Å². The number of nitrogens with zero attached hydrogens (tertiary/aromatic N) is 2. The minimum Gasteiger partial charge on any atom is -0.393 e. The monoisotopic (exact) mass is 558 g/mol. The van der Waals surface area contributed by atoms with E-state index in [1.807, 2.05) is 19.1 Å². The Hall–Kier alpha value is -2.56. The number of ether oxygens (including phenoxy) is 2. The Kier molecular flexibility index (Phi) is 11.7. The van der Waals surface area contributed by atoms with Crippen LogP contribution in [0.25, 0.3) is 0 Å². The van der Waals surface area contributed by atoms with Crippen LogP contribution in [-0.4, -0.2) is 83.4 Å². The van der Waals surface area contributed by atoms with Gasteiger partial charge in [-0.1, -0.05) is 6.07 Å². The first-order valence-corrected chi connectivity index (χ1v) is 15.1. The molecule has 0 aromatic carbocycles. The molecule has 1 aliphatic heterocycles. The summed E-state index contributed by atoms with van der Waals surface area (Å²) in [6, 6.07) is 3.66. The van der Waals surface area contributed by atoms with E-state index in [9.17, 15) is 19.5 Å². The summed E-state index contributed by atoms with van der Waals surface area (Å²) in [6.07, 6.45) is 11.9. The van der Waals surface area contributed by atoms with Crippen LogP contribution >= 0.6 is 0 Å². The van der Waals surface area contributed by atoms with Gasteiger partial charge in [0, 0.05) is 51.0 Å². The van der Waals surface area contributed by atoms with Crippen molar-refractivity contribution in [1.82, 2.24) is 20.5 Å². The summed E-state index contributed by atoms with van der Waals surface area (Å²) in [5.41, 5.74) is 0.884. The third-order valence-electron chi connectivity index (χ3n) is 8.47. The number of carbonyl (C=O) groups excluding carboxylic acids is 3. The number of nitrogens with one attached hydrogen (secondary N) is 2. The lowest BCUT2D eigenvalue weighted by molar-refractivity contribution is -0.129. The van der Waals surface area contributed by atoms with Crippen molar-refractivity contribution in [3.63, 3.8) is 0 Å². The van der Waals surface area contributed by atoms with Crippen LogP contribution < -0.4 is 10.6 Å². The van der Waals surface area contributed by atoms with Gasteiger partial charge in [-0.15, -0.1) is 0 Å². The molecule has 0 bridgehead atoms. The number of likely N-dealkylation sites (tertiary alicyclic amines) is 1. The minimum atomic E-state index is -0.434. The topological polar surface area (TPSA) is 130 Å². The lowest BCUT2D eigenvalue weighted by atomic mass is 9.93. The number of rotatable bonds is 13. The molecule has 40 heavy (non-hydrogen) atoms. The van der Waals surface area contributed by atoms with Crippen LogP contribution in [0.4, 0.5) is 0 Å². The highest BCUT2D eigenvalue weighted by molar-refractivity contribution is 5.90. The fourth-order valence-corrected chi connectivity index (χ4v) is 6.26. The van der Waals surface area contributed by atoms with Crippen molar-refractivity contribution in [3.8, 4) is 0 Å². The fourth-order valence-electron chi connectivity index (χ4n) is 6.26. The van der Waals surface area contributed by atoms with Crippen molar-refractivity contribution >= 4 is 17.7 Å². The van der Waals surface area contributed by atoms with Gasteiger partial charge in [-0.3, -0.25) is 19.4 Å². The lowest BCUT2D eigenvalue weighted by Gasteiger charge is -2.29. The van der Waals surface area contributed by atoms with Gasteiger partial charge >= 0.3 is 0 Å². The average Bonchev–Trinajstić information content (AvgIpc) is 3.32. The summed E-state index contributed by atoms with van der Waals surface area (Å²) < 4.78 is 12.0. The summed E-state index contributed by atoms with van der Waals surface area (Å²) in [5, 5.41) is 15.6. The van der Waals surface area contributed by atoms with E-state index in [1.54, 1.807) is 17.3 Å². The SMILES string of the molecule is CCN1C(=O)C[C@H](C(=O)NCCOC2CCC(OCCCC(=O)NC3CCC(O)CC3)CC2)[C@H]1c1cccnc1. The lowest BCUT2D eigenvalue weighted by Crippen LogP contribution is -2.38. The third kappa shape index (κ3) is 8.72. The van der Waals surface area contributed by atoms with Crippen molar-refractivity contribution in [3.05, 3.63) is 30.1 Å². The highest BCUT2D eigenvalue weighted by Gasteiger charge is 2.43. The molecule has 3 amide bonds. The number of hydrogen-bond acceptors (Lipinski definition) is 7. The van der Waals surface area contributed by atoms with Gasteiger partial charge in [0.25, 0.3) is 0 Å². The van der Waals surface area contributed by atoms with Crippen molar-refractivity contribution in [2.45, 2.75) is 108 Å². The highest BCUT2D eigenvalue weighted by atomic mass is 16.5. The molecule has 1 aromatic heterocycles. The predicted molar refractivity (Wildman–Crippen MR) is 149 cm³/mol. The van der Waals surface area contributed by atoms with E-state index in [1.165, 1.54) is 0 Å². The summed E-state index contributed by atoms with van der Waals surface area (Å²) in [5.74, 6) is -0.485. The number of aliphatic hydroxyl groups is 1. The molecule has 4 rings (SSSR count). The second kappa shape index (κ2) is 15.4. The second-order valence-corrected chi connectivity index (χ2v) is 11.3. The molecule has 0 unspecified atom stereocenters. The zero-order valence-electron chi connectivity index (χ0n) is 23.8. The number of hydrogen-bond donors (Lipinski definition) is 3. The highest BCUT2D eigenvalue weighted by Crippen LogP contribution is 2.37. The molecule has 10 nitrogen and oxygen atoms in total. The van der Waals surface area contributed by atoms with Crippen LogP contribution in [0.15, 0.2) is 24.5 Å². The van der Waals surface area contributed by atoms with Gasteiger partial charge in [-0.25, -0.2) is 0 Å². The molecule has 2 atom stereocenters. The van der Waals surface area contributed by atoms with Gasteiger partial charge in [0.15, 0.2) is 0 Å². The molecule has 1 saturated heterocycles. The van der Waals surface area contributed by atoms with Crippen LogP contribution in [0.3, 0.4) is 0 Å². The number of aliphatic hydroxyl groups excluding tert-OH is 1. The number of amides is 3. The molecule has 1 aromatic rings. The summed E-state index contributed by atoms with van der Waals surface area (Å²) >= 11 is 0. The number of aromatic nitrogens is 1. The van der Waals surface area contributed by atoms with Gasteiger partial charge < -0.3 is 30.1 Å². The molecule has 3 aliphatic rings. The van der Waals surface area contributed by atoms with Crippen LogP contribution in [0, 0.1) is 5.92 Å². The molecule has 3 N–H and O–H groups in total. The largest absolute Gasteiger partial charge is 0.393 e. The zero-order valence-corrected chi connectivity index (χ0v) is 23.8. The molecule has 3 fully saturated rings. The Morgan fingerprint density at radius 2 is 1.75 bits per heavy atom. The van der Waals surface area contributed by atoms with Crippen molar-refractivity contribution in [1.29, 1.82) is 0 Å². The molecule has 0 radical (unpaired) electrons. The van der Waals surface area contributed by atoms with Crippen LogP contribution in [0.1, 0.15) is 89.2 Å². The van der Waals surface area contributed by atoms with E-state index in [4.69, 9.17) is 9.47 Å². The Labute approximate surface area is 237 Å². The van der Waals surface area contributed by atoms with Gasteiger partial charge in [-0.2, -0.15) is 0 Å². The first-order valence-electron chi connectivity index (χ1n) is 15.1. The van der Waals surface area contributed by atoms with Crippen LogP contribution in [0.2, 0.25) is 0 Å². The van der Waals surface area contributed by atoms with E-state index < -0.39 is 5.92 Å². The Balaban J connectivity index is 1.06. The molecular formula is C30H46N4O6. The molecule has 10 heteroatoms. The van der Waals surface area contributed by atoms with Crippen molar-refractivity contribution < 1.29 is 29.0 Å². The molecule has 2 heterocycles. The van der Waals surface area contributed by atoms with Gasteiger partial charge in [-0.05, 0) is 76.3 Å².